The van der Waals surface area contributed by atoms with Crippen molar-refractivity contribution in [3.8, 4) is 0 Å². The first-order valence-electron chi connectivity index (χ1n) is 4.18. The fourth-order valence-electron chi connectivity index (χ4n) is 0.481. The zero-order valence-electron chi connectivity index (χ0n) is 9.01. The van der Waals surface area contributed by atoms with E-state index < -0.39 is 22.5 Å². The lowest BCUT2D eigenvalue weighted by molar-refractivity contribution is 0.206. The van der Waals surface area contributed by atoms with Crippen LogP contribution >= 0.6 is 6.72 Å². The van der Waals surface area contributed by atoms with E-state index in [1.54, 1.807) is 34.6 Å². The molecule has 0 bridgehead atoms. The fourth-order valence-corrected chi connectivity index (χ4v) is 3.75. The number of rotatable bonds is 4. The Balaban J connectivity index is 4.38. The van der Waals surface area contributed by atoms with Gasteiger partial charge in [0.05, 0.1) is 10.9 Å². The molecule has 1 N–H and O–H groups in total. The Hall–Kier alpha value is 0.680. The summed E-state index contributed by atoms with van der Waals surface area (Å²) in [6, 6.07) is 0. The molecule has 86 valence electrons. The standard InChI is InChI=1S/C7H17O4PS2/c1-6(2)10-12(8,13)11-14(9)7(3,4)5/h6H,1-5H3,(H,8,13). The lowest BCUT2D eigenvalue weighted by atomic mass is 10.3. The van der Waals surface area contributed by atoms with Gasteiger partial charge in [0.25, 0.3) is 0 Å². The van der Waals surface area contributed by atoms with Crippen molar-refractivity contribution < 1.29 is 17.6 Å². The quantitative estimate of drug-likeness (QED) is 0.784. The first-order chi connectivity index (χ1) is 6.04. The minimum Gasteiger partial charge on any atom is -0.324 e. The summed E-state index contributed by atoms with van der Waals surface area (Å²) in [5, 5.41) is 0. The van der Waals surface area contributed by atoms with Crippen LogP contribution in [0, 0.1) is 0 Å². The molecule has 0 aliphatic heterocycles. The number of hydrogen-bond acceptors (Lipinski definition) is 4. The van der Waals surface area contributed by atoms with Gasteiger partial charge in [0.15, 0.2) is 11.1 Å². The van der Waals surface area contributed by atoms with E-state index in [-0.39, 0.29) is 6.10 Å². The molecule has 0 amide bonds. The molecule has 0 saturated heterocycles. The third kappa shape index (κ3) is 6.22. The first kappa shape index (κ1) is 14.7. The molecule has 14 heavy (non-hydrogen) atoms. The molecule has 0 aromatic rings. The summed E-state index contributed by atoms with van der Waals surface area (Å²) in [5.41, 5.74) is 0. The summed E-state index contributed by atoms with van der Waals surface area (Å²) in [7, 11) is 0. The van der Waals surface area contributed by atoms with Gasteiger partial charge in [-0.15, -0.1) is 0 Å². The van der Waals surface area contributed by atoms with Crippen LogP contribution in [0.4, 0.5) is 0 Å². The molecule has 0 saturated carbocycles. The minimum atomic E-state index is -3.37. The molecule has 0 aromatic carbocycles. The monoisotopic (exact) mass is 260 g/mol. The Morgan fingerprint density at radius 1 is 1.43 bits per heavy atom. The fraction of sp³-hybridized carbons (Fsp3) is 1.00. The first-order valence-corrected chi connectivity index (χ1v) is 7.84. The molecule has 0 heterocycles. The maximum Gasteiger partial charge on any atom is 0.338 e. The zero-order valence-corrected chi connectivity index (χ0v) is 11.5. The van der Waals surface area contributed by atoms with Gasteiger partial charge in [0.2, 0.25) is 0 Å². The van der Waals surface area contributed by atoms with Crippen LogP contribution in [0.1, 0.15) is 34.6 Å². The SMILES string of the molecule is CC(C)OP(O)(=S)OS(=O)C(C)(C)C. The molecular weight excluding hydrogens is 243 g/mol. The van der Waals surface area contributed by atoms with Crippen molar-refractivity contribution in [2.24, 2.45) is 0 Å². The van der Waals surface area contributed by atoms with Crippen LogP contribution in [-0.4, -0.2) is 20.0 Å². The molecule has 2 atom stereocenters. The Kier molecular flexibility index (Phi) is 5.39. The maximum absolute atomic E-state index is 11.5. The van der Waals surface area contributed by atoms with Crippen LogP contribution in [0.15, 0.2) is 0 Å². The van der Waals surface area contributed by atoms with Gasteiger partial charge in [-0.1, -0.05) is 0 Å². The highest BCUT2D eigenvalue weighted by molar-refractivity contribution is 8.10. The number of hydrogen-bond donors (Lipinski definition) is 1. The lowest BCUT2D eigenvalue weighted by Crippen LogP contribution is -2.23. The highest BCUT2D eigenvalue weighted by Crippen LogP contribution is 2.47. The topological polar surface area (TPSA) is 55.8 Å². The van der Waals surface area contributed by atoms with Gasteiger partial charge in [-0.05, 0) is 46.4 Å². The second-order valence-electron chi connectivity index (χ2n) is 4.04. The summed E-state index contributed by atoms with van der Waals surface area (Å²) in [4.78, 5) is 9.51. The molecule has 0 radical (unpaired) electrons. The van der Waals surface area contributed by atoms with E-state index >= 15 is 0 Å². The van der Waals surface area contributed by atoms with E-state index in [9.17, 15) is 9.10 Å². The van der Waals surface area contributed by atoms with Crippen molar-refractivity contribution in [2.45, 2.75) is 45.5 Å². The maximum atomic E-state index is 11.5. The molecule has 2 unspecified atom stereocenters. The molecule has 0 rings (SSSR count). The Bertz CT molecular complexity index is 259. The molecule has 7 heteroatoms. The predicted molar refractivity (Wildman–Crippen MR) is 61.7 cm³/mol. The minimum absolute atomic E-state index is 0.247. The Morgan fingerprint density at radius 2 is 1.86 bits per heavy atom. The van der Waals surface area contributed by atoms with Crippen molar-refractivity contribution in [2.75, 3.05) is 0 Å². The predicted octanol–water partition coefficient (Wildman–Crippen LogP) is 2.11. The second kappa shape index (κ2) is 5.14. The third-order valence-corrected chi connectivity index (χ3v) is 4.79. The molecule has 4 nitrogen and oxygen atoms in total. The van der Waals surface area contributed by atoms with Crippen LogP contribution in [0.5, 0.6) is 0 Å². The Morgan fingerprint density at radius 3 is 2.14 bits per heavy atom. The molecular formula is C7H17O4PS2. The largest absolute Gasteiger partial charge is 0.338 e. The van der Waals surface area contributed by atoms with E-state index in [4.69, 9.17) is 20.3 Å². The smallest absolute Gasteiger partial charge is 0.324 e. The summed E-state index contributed by atoms with van der Waals surface area (Å²) in [5.74, 6) is 0. The summed E-state index contributed by atoms with van der Waals surface area (Å²) < 4.78 is 20.7. The Labute approximate surface area is 92.9 Å². The van der Waals surface area contributed by atoms with Crippen molar-refractivity contribution in [3.05, 3.63) is 0 Å². The highest BCUT2D eigenvalue weighted by atomic mass is 32.5. The van der Waals surface area contributed by atoms with Crippen LogP contribution in [-0.2, 0) is 31.4 Å². The molecule has 0 aliphatic carbocycles. The average Bonchev–Trinajstić information content (AvgIpc) is 1.79. The van der Waals surface area contributed by atoms with Gasteiger partial charge >= 0.3 is 6.72 Å². The zero-order chi connectivity index (χ0) is 11.6. The van der Waals surface area contributed by atoms with E-state index in [1.165, 1.54) is 0 Å². The van der Waals surface area contributed by atoms with E-state index in [2.05, 4.69) is 0 Å². The molecule has 0 fully saturated rings. The third-order valence-electron chi connectivity index (χ3n) is 1.01. The van der Waals surface area contributed by atoms with Crippen molar-refractivity contribution in [1.29, 1.82) is 0 Å². The van der Waals surface area contributed by atoms with Crippen LogP contribution in [0.2, 0.25) is 0 Å². The normalized spacial score (nSPS) is 19.4. The van der Waals surface area contributed by atoms with Gasteiger partial charge < -0.3 is 9.42 Å². The second-order valence-corrected chi connectivity index (χ2v) is 8.87. The molecule has 0 aromatic heterocycles. The summed E-state index contributed by atoms with van der Waals surface area (Å²) >= 11 is 3.04. The van der Waals surface area contributed by atoms with Gasteiger partial charge in [0, 0.05) is 0 Å². The van der Waals surface area contributed by atoms with E-state index in [0.29, 0.717) is 0 Å². The molecule has 0 spiro atoms. The van der Waals surface area contributed by atoms with Crippen molar-refractivity contribution >= 4 is 29.6 Å². The highest BCUT2D eigenvalue weighted by Gasteiger charge is 2.28. The van der Waals surface area contributed by atoms with Crippen molar-refractivity contribution in [1.82, 2.24) is 0 Å². The van der Waals surface area contributed by atoms with Gasteiger partial charge in [0.1, 0.15) is 0 Å². The van der Waals surface area contributed by atoms with Crippen LogP contribution in [0.3, 0.4) is 0 Å². The average molecular weight is 260 g/mol. The van der Waals surface area contributed by atoms with Crippen LogP contribution in [0.25, 0.3) is 0 Å². The lowest BCUT2D eigenvalue weighted by Gasteiger charge is -2.22. The van der Waals surface area contributed by atoms with Gasteiger partial charge in [-0.3, -0.25) is 0 Å². The van der Waals surface area contributed by atoms with E-state index in [0.717, 1.165) is 0 Å². The van der Waals surface area contributed by atoms with Gasteiger partial charge in [-0.25, -0.2) is 8.18 Å². The van der Waals surface area contributed by atoms with Crippen LogP contribution < -0.4 is 0 Å². The summed E-state index contributed by atoms with van der Waals surface area (Å²) in [6.45, 7) is 5.27. The summed E-state index contributed by atoms with van der Waals surface area (Å²) in [6.07, 6.45) is -0.247. The van der Waals surface area contributed by atoms with E-state index in [1.807, 2.05) is 0 Å². The van der Waals surface area contributed by atoms with Gasteiger partial charge in [-0.2, -0.15) is 0 Å². The molecule has 0 aliphatic rings. The van der Waals surface area contributed by atoms with Crippen molar-refractivity contribution in [3.63, 3.8) is 0 Å².